The molecule has 2 aromatic rings. The van der Waals surface area contributed by atoms with Crippen LogP contribution in [0, 0.1) is 12.8 Å². The summed E-state index contributed by atoms with van der Waals surface area (Å²) < 4.78 is 10.5. The number of phenols is 1. The molecule has 1 heterocycles. The highest BCUT2D eigenvalue weighted by molar-refractivity contribution is 5.78. The van der Waals surface area contributed by atoms with E-state index in [2.05, 4.69) is 41.4 Å². The van der Waals surface area contributed by atoms with E-state index in [0.29, 0.717) is 18.0 Å². The van der Waals surface area contributed by atoms with Crippen molar-refractivity contribution >= 4 is 5.91 Å². The summed E-state index contributed by atoms with van der Waals surface area (Å²) in [6, 6.07) is 11.9. The smallest absolute Gasteiger partial charge is 0.223 e. The molecule has 0 saturated carbocycles. The number of methoxy groups -OCH3 is 2. The number of likely N-dealkylation sites (tertiary alicyclic amines) is 1. The predicted octanol–water partition coefficient (Wildman–Crippen LogP) is 3.25. The van der Waals surface area contributed by atoms with E-state index >= 15 is 0 Å². The molecule has 1 saturated heterocycles. The minimum atomic E-state index is 0.0164. The summed E-state index contributed by atoms with van der Waals surface area (Å²) in [6.45, 7) is 5.07. The van der Waals surface area contributed by atoms with Crippen LogP contribution in [0.2, 0.25) is 0 Å². The van der Waals surface area contributed by atoms with Gasteiger partial charge in [0.05, 0.1) is 14.2 Å². The lowest BCUT2D eigenvalue weighted by Gasteiger charge is -2.31. The fourth-order valence-corrected chi connectivity index (χ4v) is 3.69. The first-order chi connectivity index (χ1) is 14.0. The van der Waals surface area contributed by atoms with Crippen LogP contribution in [0.25, 0.3) is 0 Å². The summed E-state index contributed by atoms with van der Waals surface area (Å²) in [7, 11) is 3.05. The van der Waals surface area contributed by atoms with Gasteiger partial charge in [0.1, 0.15) is 0 Å². The highest BCUT2D eigenvalue weighted by atomic mass is 16.5. The van der Waals surface area contributed by atoms with Crippen LogP contribution in [0.3, 0.4) is 0 Å². The van der Waals surface area contributed by atoms with Gasteiger partial charge in [0.25, 0.3) is 0 Å². The van der Waals surface area contributed by atoms with Crippen LogP contribution < -0.4 is 14.8 Å². The molecule has 2 N–H and O–H groups in total. The lowest BCUT2D eigenvalue weighted by molar-refractivity contribution is -0.126. The number of ether oxygens (including phenoxy) is 2. The third-order valence-electron chi connectivity index (χ3n) is 5.49. The fourth-order valence-electron chi connectivity index (χ4n) is 3.69. The Morgan fingerprint density at radius 3 is 2.21 bits per heavy atom. The fraction of sp³-hybridized carbons (Fsp3) is 0.435. The number of nitrogens with one attached hydrogen (secondary N) is 1. The number of carbonyl (C=O) groups is 1. The Morgan fingerprint density at radius 2 is 1.66 bits per heavy atom. The molecule has 1 aliphatic heterocycles. The van der Waals surface area contributed by atoms with Crippen molar-refractivity contribution in [3.8, 4) is 17.2 Å². The van der Waals surface area contributed by atoms with Gasteiger partial charge >= 0.3 is 0 Å². The van der Waals surface area contributed by atoms with Crippen molar-refractivity contribution in [3.63, 3.8) is 0 Å². The lowest BCUT2D eigenvalue weighted by Crippen LogP contribution is -2.40. The maximum absolute atomic E-state index is 12.5. The molecule has 0 atom stereocenters. The Balaban J connectivity index is 1.50. The molecule has 0 unspecified atom stereocenters. The van der Waals surface area contributed by atoms with Crippen LogP contribution in [0.4, 0.5) is 0 Å². The lowest BCUT2D eigenvalue weighted by atomic mass is 9.95. The Kier molecular flexibility index (Phi) is 6.99. The second kappa shape index (κ2) is 9.65. The average molecular weight is 399 g/mol. The van der Waals surface area contributed by atoms with Gasteiger partial charge in [-0.3, -0.25) is 9.69 Å². The van der Waals surface area contributed by atoms with E-state index in [4.69, 9.17) is 9.47 Å². The van der Waals surface area contributed by atoms with Gasteiger partial charge in [-0.05, 0) is 56.1 Å². The molecule has 1 amide bonds. The number of phenolic OH excluding ortho intramolecular Hbond substituents is 1. The first-order valence-electron chi connectivity index (χ1n) is 9.99. The first kappa shape index (κ1) is 21.0. The van der Waals surface area contributed by atoms with Gasteiger partial charge in [0.15, 0.2) is 11.5 Å². The van der Waals surface area contributed by atoms with Crippen molar-refractivity contribution in [1.29, 1.82) is 0 Å². The number of hydrogen-bond donors (Lipinski definition) is 2. The minimum Gasteiger partial charge on any atom is -0.502 e. The largest absolute Gasteiger partial charge is 0.502 e. The maximum Gasteiger partial charge on any atom is 0.223 e. The summed E-state index contributed by atoms with van der Waals surface area (Å²) in [5.41, 5.74) is 3.35. The van der Waals surface area contributed by atoms with Gasteiger partial charge in [0, 0.05) is 19.0 Å². The zero-order valence-electron chi connectivity index (χ0n) is 17.4. The summed E-state index contributed by atoms with van der Waals surface area (Å²) in [5.74, 6) is 1.02. The molecular weight excluding hydrogens is 368 g/mol. The first-order valence-corrected chi connectivity index (χ1v) is 9.99. The Morgan fingerprint density at radius 1 is 1.07 bits per heavy atom. The number of aryl methyl sites for hydroxylation is 1. The number of nitrogens with zero attached hydrogens (tertiary/aromatic N) is 1. The van der Waals surface area contributed by atoms with Gasteiger partial charge in [-0.25, -0.2) is 0 Å². The molecule has 1 aliphatic rings. The zero-order valence-corrected chi connectivity index (χ0v) is 17.4. The molecule has 0 aliphatic carbocycles. The number of piperidine rings is 1. The second-order valence-corrected chi connectivity index (χ2v) is 7.60. The Labute approximate surface area is 172 Å². The van der Waals surface area contributed by atoms with E-state index in [0.717, 1.165) is 43.6 Å². The van der Waals surface area contributed by atoms with Crippen LogP contribution in [0.15, 0.2) is 36.4 Å². The zero-order chi connectivity index (χ0) is 20.8. The molecule has 156 valence electrons. The van der Waals surface area contributed by atoms with E-state index in [9.17, 15) is 9.90 Å². The Hall–Kier alpha value is -2.73. The van der Waals surface area contributed by atoms with Crippen molar-refractivity contribution in [2.75, 3.05) is 27.3 Å². The van der Waals surface area contributed by atoms with E-state index < -0.39 is 0 Å². The molecular formula is C23H30N2O4. The summed E-state index contributed by atoms with van der Waals surface area (Å²) in [4.78, 5) is 14.8. The predicted molar refractivity (Wildman–Crippen MR) is 112 cm³/mol. The number of rotatable bonds is 7. The van der Waals surface area contributed by atoms with Crippen molar-refractivity contribution in [3.05, 3.63) is 53.1 Å². The number of aromatic hydroxyl groups is 1. The molecule has 6 nitrogen and oxygen atoms in total. The molecule has 6 heteroatoms. The molecule has 0 spiro atoms. The number of carbonyl (C=O) groups excluding carboxylic acids is 1. The SMILES string of the molecule is COc1cc(CN2CCC(C(=O)NCc3ccc(C)cc3)CC2)cc(OC)c1O. The van der Waals surface area contributed by atoms with Crippen molar-refractivity contribution < 1.29 is 19.4 Å². The van der Waals surface area contributed by atoms with E-state index in [1.807, 2.05) is 12.1 Å². The standard InChI is InChI=1S/C23H30N2O4/c1-16-4-6-17(7-5-16)14-24-23(27)19-8-10-25(11-9-19)15-18-12-20(28-2)22(26)21(13-18)29-3/h4-7,12-13,19,26H,8-11,14-15H2,1-3H3,(H,24,27). The highest BCUT2D eigenvalue weighted by Gasteiger charge is 2.25. The van der Waals surface area contributed by atoms with Crippen molar-refractivity contribution in [2.24, 2.45) is 5.92 Å². The van der Waals surface area contributed by atoms with E-state index in [1.54, 1.807) is 0 Å². The topological polar surface area (TPSA) is 71.0 Å². The molecule has 1 fully saturated rings. The third-order valence-corrected chi connectivity index (χ3v) is 5.49. The molecule has 3 rings (SSSR count). The summed E-state index contributed by atoms with van der Waals surface area (Å²) in [5, 5.41) is 13.1. The van der Waals surface area contributed by atoms with Crippen LogP contribution >= 0.6 is 0 Å². The van der Waals surface area contributed by atoms with Gasteiger partial charge < -0.3 is 19.9 Å². The van der Waals surface area contributed by atoms with Gasteiger partial charge in [-0.1, -0.05) is 29.8 Å². The monoisotopic (exact) mass is 398 g/mol. The molecule has 2 aromatic carbocycles. The van der Waals surface area contributed by atoms with Crippen LogP contribution in [-0.4, -0.2) is 43.2 Å². The molecule has 0 radical (unpaired) electrons. The van der Waals surface area contributed by atoms with Gasteiger partial charge in [-0.2, -0.15) is 0 Å². The van der Waals surface area contributed by atoms with Crippen molar-refractivity contribution in [1.82, 2.24) is 10.2 Å². The van der Waals surface area contributed by atoms with Crippen LogP contribution in [0.1, 0.15) is 29.5 Å². The molecule has 29 heavy (non-hydrogen) atoms. The highest BCUT2D eigenvalue weighted by Crippen LogP contribution is 2.37. The third kappa shape index (κ3) is 5.41. The average Bonchev–Trinajstić information content (AvgIpc) is 2.74. The van der Waals surface area contributed by atoms with Gasteiger partial charge in [-0.15, -0.1) is 0 Å². The summed E-state index contributed by atoms with van der Waals surface area (Å²) in [6.07, 6.45) is 1.68. The molecule has 0 aromatic heterocycles. The number of benzene rings is 2. The number of amides is 1. The normalized spacial score (nSPS) is 15.1. The van der Waals surface area contributed by atoms with Crippen LogP contribution in [-0.2, 0) is 17.9 Å². The van der Waals surface area contributed by atoms with Crippen molar-refractivity contribution in [2.45, 2.75) is 32.9 Å². The Bertz CT molecular complexity index is 802. The van der Waals surface area contributed by atoms with Crippen LogP contribution in [0.5, 0.6) is 17.2 Å². The minimum absolute atomic E-state index is 0.0164. The number of hydrogen-bond acceptors (Lipinski definition) is 5. The quantitative estimate of drug-likeness (QED) is 0.749. The maximum atomic E-state index is 12.5. The van der Waals surface area contributed by atoms with Gasteiger partial charge in [0.2, 0.25) is 11.7 Å². The van der Waals surface area contributed by atoms with E-state index in [1.165, 1.54) is 19.8 Å². The molecule has 0 bridgehead atoms. The second-order valence-electron chi connectivity index (χ2n) is 7.60. The summed E-state index contributed by atoms with van der Waals surface area (Å²) >= 11 is 0. The van der Waals surface area contributed by atoms with E-state index in [-0.39, 0.29) is 17.6 Å².